The van der Waals surface area contributed by atoms with Crippen LogP contribution < -0.4 is 14.9 Å². The fraction of sp³-hybridized carbons (Fsp3) is 0.160. The number of aromatic amines is 1. The van der Waals surface area contributed by atoms with Gasteiger partial charge < -0.3 is 9.72 Å². The SMILES string of the molecule is CCOC(=O)C1=C(C)N=c2s/c(=C\c3c[nH]c4ccccc34)c(=O)n2[C@H]1c1ccccc1. The van der Waals surface area contributed by atoms with Crippen LogP contribution in [0.5, 0.6) is 0 Å². The average molecular weight is 444 g/mol. The van der Waals surface area contributed by atoms with E-state index < -0.39 is 12.0 Å². The second kappa shape index (κ2) is 8.09. The van der Waals surface area contributed by atoms with E-state index in [0.29, 0.717) is 20.6 Å². The Labute approximate surface area is 187 Å². The number of esters is 1. The summed E-state index contributed by atoms with van der Waals surface area (Å²) in [4.78, 5) is 34.9. The van der Waals surface area contributed by atoms with Crippen molar-refractivity contribution in [3.63, 3.8) is 0 Å². The molecular weight excluding hydrogens is 422 g/mol. The number of hydrogen-bond acceptors (Lipinski definition) is 5. The van der Waals surface area contributed by atoms with Gasteiger partial charge in [0.05, 0.1) is 28.5 Å². The molecule has 0 aliphatic carbocycles. The lowest BCUT2D eigenvalue weighted by atomic mass is 9.96. The lowest BCUT2D eigenvalue weighted by Gasteiger charge is -2.24. The number of thiazole rings is 1. The highest BCUT2D eigenvalue weighted by molar-refractivity contribution is 7.07. The standard InChI is InChI=1S/C25H21N3O3S/c1-3-31-24(30)21-15(2)27-25-28(22(21)16-9-5-4-6-10-16)23(29)20(32-25)13-17-14-26-19-12-8-7-11-18(17)19/h4-14,22,26H,3H2,1-2H3/b20-13-/t22-/m0/s1. The second-order valence-electron chi connectivity index (χ2n) is 7.50. The van der Waals surface area contributed by atoms with E-state index in [4.69, 9.17) is 4.74 Å². The van der Waals surface area contributed by atoms with Gasteiger partial charge in [0.25, 0.3) is 5.56 Å². The maximum atomic E-state index is 13.6. The molecule has 6 nitrogen and oxygen atoms in total. The molecule has 5 rings (SSSR count). The van der Waals surface area contributed by atoms with Crippen LogP contribution in [0, 0.1) is 0 Å². The molecule has 0 saturated heterocycles. The van der Waals surface area contributed by atoms with E-state index in [-0.39, 0.29) is 12.2 Å². The number of H-pyrrole nitrogens is 1. The van der Waals surface area contributed by atoms with E-state index in [9.17, 15) is 9.59 Å². The fourth-order valence-corrected chi connectivity index (χ4v) is 5.13. The van der Waals surface area contributed by atoms with Crippen molar-refractivity contribution < 1.29 is 9.53 Å². The smallest absolute Gasteiger partial charge is 0.338 e. The number of ether oxygens (including phenoxy) is 1. The summed E-state index contributed by atoms with van der Waals surface area (Å²) in [5.74, 6) is -0.450. The molecule has 2 aromatic carbocycles. The predicted octanol–water partition coefficient (Wildman–Crippen LogP) is 3.28. The fourth-order valence-electron chi connectivity index (χ4n) is 4.10. The average Bonchev–Trinajstić information content (AvgIpc) is 3.34. The summed E-state index contributed by atoms with van der Waals surface area (Å²) in [5.41, 5.74) is 3.56. The zero-order valence-electron chi connectivity index (χ0n) is 17.7. The normalized spacial score (nSPS) is 16.2. The van der Waals surface area contributed by atoms with Gasteiger partial charge in [-0.2, -0.15) is 0 Å². The van der Waals surface area contributed by atoms with Crippen molar-refractivity contribution in [2.75, 3.05) is 6.61 Å². The molecule has 7 heteroatoms. The molecule has 0 spiro atoms. The van der Waals surface area contributed by atoms with Gasteiger partial charge in [-0.15, -0.1) is 0 Å². The molecule has 0 unspecified atom stereocenters. The Balaban J connectivity index is 1.74. The quantitative estimate of drug-likeness (QED) is 0.492. The summed E-state index contributed by atoms with van der Waals surface area (Å²) in [6.07, 6.45) is 3.78. The van der Waals surface area contributed by atoms with Crippen LogP contribution in [0.1, 0.15) is 31.0 Å². The molecule has 3 heterocycles. The first-order valence-electron chi connectivity index (χ1n) is 10.4. The minimum atomic E-state index is -0.586. The third kappa shape index (κ3) is 3.31. The number of benzene rings is 2. The molecule has 1 aliphatic rings. The number of rotatable bonds is 4. The van der Waals surface area contributed by atoms with E-state index in [1.807, 2.05) is 66.9 Å². The Bertz CT molecular complexity index is 1540. The lowest BCUT2D eigenvalue weighted by Crippen LogP contribution is -2.39. The summed E-state index contributed by atoms with van der Waals surface area (Å²) in [6, 6.07) is 16.9. The van der Waals surface area contributed by atoms with E-state index in [1.165, 1.54) is 11.3 Å². The van der Waals surface area contributed by atoms with Gasteiger partial charge in [-0.3, -0.25) is 9.36 Å². The third-order valence-electron chi connectivity index (χ3n) is 5.54. The van der Waals surface area contributed by atoms with Crippen molar-refractivity contribution >= 4 is 34.3 Å². The molecule has 1 atom stereocenters. The first-order valence-corrected chi connectivity index (χ1v) is 11.2. The van der Waals surface area contributed by atoms with Crippen LogP contribution in [-0.2, 0) is 9.53 Å². The Morgan fingerprint density at radius 2 is 1.94 bits per heavy atom. The minimum Gasteiger partial charge on any atom is -0.463 e. The molecule has 160 valence electrons. The van der Waals surface area contributed by atoms with Gasteiger partial charge in [-0.25, -0.2) is 9.79 Å². The molecule has 4 aromatic rings. The Morgan fingerprint density at radius 1 is 1.19 bits per heavy atom. The van der Waals surface area contributed by atoms with Crippen LogP contribution in [0.4, 0.5) is 0 Å². The van der Waals surface area contributed by atoms with Crippen molar-refractivity contribution in [2.45, 2.75) is 19.9 Å². The van der Waals surface area contributed by atoms with E-state index in [2.05, 4.69) is 9.98 Å². The summed E-state index contributed by atoms with van der Waals surface area (Å²) < 4.78 is 7.49. The third-order valence-corrected chi connectivity index (χ3v) is 6.52. The number of nitrogens with zero attached hydrogens (tertiary/aromatic N) is 2. The van der Waals surface area contributed by atoms with Crippen molar-refractivity contribution in [1.29, 1.82) is 0 Å². The van der Waals surface area contributed by atoms with Crippen LogP contribution in [0.15, 0.2) is 81.9 Å². The van der Waals surface area contributed by atoms with Crippen LogP contribution in [0.3, 0.4) is 0 Å². The van der Waals surface area contributed by atoms with Crippen molar-refractivity contribution in [3.8, 4) is 0 Å². The Hall–Kier alpha value is -3.71. The Morgan fingerprint density at radius 3 is 2.72 bits per heavy atom. The molecule has 1 N–H and O–H groups in total. The largest absolute Gasteiger partial charge is 0.463 e. The van der Waals surface area contributed by atoms with E-state index >= 15 is 0 Å². The summed E-state index contributed by atoms with van der Waals surface area (Å²) >= 11 is 1.33. The van der Waals surface area contributed by atoms with Gasteiger partial charge in [0, 0.05) is 22.7 Å². The maximum Gasteiger partial charge on any atom is 0.338 e. The first-order chi connectivity index (χ1) is 15.6. The van der Waals surface area contributed by atoms with Crippen LogP contribution in [0.25, 0.3) is 17.0 Å². The lowest BCUT2D eigenvalue weighted by molar-refractivity contribution is -0.139. The van der Waals surface area contributed by atoms with Gasteiger partial charge >= 0.3 is 5.97 Å². The number of aromatic nitrogens is 2. The van der Waals surface area contributed by atoms with Crippen LogP contribution in [-0.4, -0.2) is 22.1 Å². The summed E-state index contributed by atoms with van der Waals surface area (Å²) in [6.45, 7) is 3.81. The molecule has 0 bridgehead atoms. The van der Waals surface area contributed by atoms with Gasteiger partial charge in [-0.1, -0.05) is 59.9 Å². The van der Waals surface area contributed by atoms with Crippen molar-refractivity contribution in [3.05, 3.63) is 103 Å². The maximum absolute atomic E-state index is 13.6. The molecule has 2 aromatic heterocycles. The highest BCUT2D eigenvalue weighted by atomic mass is 32.1. The number of hydrogen-bond donors (Lipinski definition) is 1. The monoisotopic (exact) mass is 443 g/mol. The number of carbonyl (C=O) groups is 1. The van der Waals surface area contributed by atoms with Crippen molar-refractivity contribution in [1.82, 2.24) is 9.55 Å². The first kappa shape index (κ1) is 20.2. The van der Waals surface area contributed by atoms with Gasteiger partial charge in [-0.05, 0) is 31.6 Å². The molecule has 0 radical (unpaired) electrons. The van der Waals surface area contributed by atoms with Crippen molar-refractivity contribution in [2.24, 2.45) is 4.99 Å². The van der Waals surface area contributed by atoms with Crippen LogP contribution in [0.2, 0.25) is 0 Å². The minimum absolute atomic E-state index is 0.179. The van der Waals surface area contributed by atoms with E-state index in [1.54, 1.807) is 18.4 Å². The zero-order chi connectivity index (χ0) is 22.2. The van der Waals surface area contributed by atoms with E-state index in [0.717, 1.165) is 22.0 Å². The Kier molecular flexibility index (Phi) is 5.11. The second-order valence-corrected chi connectivity index (χ2v) is 8.51. The summed E-state index contributed by atoms with van der Waals surface area (Å²) in [7, 11) is 0. The number of carbonyl (C=O) groups excluding carboxylic acids is 1. The van der Waals surface area contributed by atoms with Gasteiger partial charge in [0.15, 0.2) is 4.80 Å². The number of para-hydroxylation sites is 1. The molecular formula is C25H21N3O3S. The van der Waals surface area contributed by atoms with Gasteiger partial charge in [0.1, 0.15) is 0 Å². The number of nitrogens with one attached hydrogen (secondary N) is 1. The summed E-state index contributed by atoms with van der Waals surface area (Å²) in [5, 5.41) is 1.04. The predicted molar refractivity (Wildman–Crippen MR) is 125 cm³/mol. The molecule has 0 saturated carbocycles. The number of fused-ring (bicyclic) bond motifs is 2. The van der Waals surface area contributed by atoms with Gasteiger partial charge in [0.2, 0.25) is 0 Å². The molecule has 1 aliphatic heterocycles. The zero-order valence-corrected chi connectivity index (χ0v) is 18.5. The topological polar surface area (TPSA) is 76.4 Å². The molecule has 32 heavy (non-hydrogen) atoms. The highest BCUT2D eigenvalue weighted by Gasteiger charge is 2.33. The molecule has 0 amide bonds. The molecule has 0 fully saturated rings. The number of allylic oxidation sites excluding steroid dienone is 1. The van der Waals surface area contributed by atoms with Crippen LogP contribution >= 0.6 is 11.3 Å². The highest BCUT2D eigenvalue weighted by Crippen LogP contribution is 2.30.